The van der Waals surface area contributed by atoms with E-state index < -0.39 is 19.2 Å². The second-order valence-electron chi connectivity index (χ2n) is 11.4. The molecule has 0 aliphatic heterocycles. The van der Waals surface area contributed by atoms with Gasteiger partial charge in [0, 0.05) is 6.16 Å². The Labute approximate surface area is 203 Å². The number of benzene rings is 1. The van der Waals surface area contributed by atoms with Gasteiger partial charge in [0.1, 0.15) is 0 Å². The molecule has 1 aromatic rings. The van der Waals surface area contributed by atoms with Crippen molar-refractivity contribution in [3.63, 3.8) is 0 Å². The summed E-state index contributed by atoms with van der Waals surface area (Å²) in [5, 5.41) is 0. The number of halogens is 2. The van der Waals surface area contributed by atoms with Crippen LogP contribution in [-0.2, 0) is 9.98 Å². The number of rotatable bonds is 14. The lowest BCUT2D eigenvalue weighted by molar-refractivity contribution is -0.00708. The van der Waals surface area contributed by atoms with E-state index in [1.54, 1.807) is 12.1 Å². The van der Waals surface area contributed by atoms with Crippen molar-refractivity contribution in [1.82, 2.24) is 0 Å². The summed E-state index contributed by atoms with van der Waals surface area (Å²) < 4.78 is 46.4. The summed E-state index contributed by atoms with van der Waals surface area (Å²) in [5.41, 5.74) is 0.441. The van der Waals surface area contributed by atoms with Crippen LogP contribution in [0.25, 0.3) is 0 Å². The molecule has 0 spiro atoms. The Morgan fingerprint density at radius 3 is 1.82 bits per heavy atom. The highest BCUT2D eigenvalue weighted by molar-refractivity contribution is 7.51. The second kappa shape index (κ2) is 11.4. The molecule has 0 aromatic heterocycles. The van der Waals surface area contributed by atoms with Crippen LogP contribution in [0.4, 0.5) is 8.78 Å². The predicted molar refractivity (Wildman–Crippen MR) is 130 cm³/mol. The standard InChI is InChI=1S/C27H41F2O4P/c28-25-23(27-17-20-14-21(18-27)16-22(15-20)19-27)10-11-24(26(25)29)33-12-8-6-4-2-1-3-5-7-9-13-34(30,31)32/h10-11,20-22H,1-9,12-19H2,(H2,30,31,32)/t20-,21?,22?,27-. The van der Waals surface area contributed by atoms with E-state index in [1.807, 2.05) is 0 Å². The lowest BCUT2D eigenvalue weighted by atomic mass is 9.48. The van der Waals surface area contributed by atoms with Crippen molar-refractivity contribution in [2.24, 2.45) is 17.8 Å². The molecule has 0 radical (unpaired) electrons. The van der Waals surface area contributed by atoms with Crippen molar-refractivity contribution in [3.05, 3.63) is 29.3 Å². The topological polar surface area (TPSA) is 66.8 Å². The van der Waals surface area contributed by atoms with Crippen molar-refractivity contribution in [3.8, 4) is 5.75 Å². The number of hydrogen-bond acceptors (Lipinski definition) is 2. The predicted octanol–water partition coefficient (Wildman–Crippen LogP) is 7.50. The molecule has 0 heterocycles. The van der Waals surface area contributed by atoms with E-state index in [0.717, 1.165) is 70.6 Å². The second-order valence-corrected chi connectivity index (χ2v) is 13.1. The van der Waals surface area contributed by atoms with E-state index in [1.165, 1.54) is 19.3 Å². The van der Waals surface area contributed by atoms with E-state index in [2.05, 4.69) is 0 Å². The Morgan fingerprint density at radius 2 is 1.29 bits per heavy atom. The van der Waals surface area contributed by atoms with Gasteiger partial charge in [-0.25, -0.2) is 4.39 Å². The monoisotopic (exact) mass is 498 g/mol. The van der Waals surface area contributed by atoms with Crippen LogP contribution in [0, 0.1) is 29.4 Å². The molecule has 4 fully saturated rings. The van der Waals surface area contributed by atoms with Crippen LogP contribution in [0.15, 0.2) is 12.1 Å². The Morgan fingerprint density at radius 1 is 0.794 bits per heavy atom. The first-order valence-electron chi connectivity index (χ1n) is 13.4. The fourth-order valence-corrected chi connectivity index (χ4v) is 7.97. The third kappa shape index (κ3) is 6.62. The summed E-state index contributed by atoms with van der Waals surface area (Å²) in [5.74, 6) is 0.626. The minimum Gasteiger partial charge on any atom is -0.490 e. The lowest BCUT2D eigenvalue weighted by Crippen LogP contribution is -2.49. The molecule has 0 saturated heterocycles. The molecule has 4 nitrogen and oxygen atoms in total. The minimum absolute atomic E-state index is 0.0114. The summed E-state index contributed by atoms with van der Waals surface area (Å²) in [6, 6.07) is 3.46. The number of unbranched alkanes of at least 4 members (excludes halogenated alkanes) is 8. The smallest absolute Gasteiger partial charge is 0.325 e. The molecule has 2 N–H and O–H groups in total. The van der Waals surface area contributed by atoms with Crippen molar-refractivity contribution >= 4 is 7.60 Å². The highest BCUT2D eigenvalue weighted by Gasteiger charge is 2.52. The first-order valence-corrected chi connectivity index (χ1v) is 15.2. The van der Waals surface area contributed by atoms with Crippen molar-refractivity contribution in [2.45, 2.75) is 102 Å². The van der Waals surface area contributed by atoms with E-state index in [4.69, 9.17) is 14.5 Å². The van der Waals surface area contributed by atoms with E-state index in [-0.39, 0.29) is 17.3 Å². The molecule has 7 heteroatoms. The van der Waals surface area contributed by atoms with E-state index in [0.29, 0.717) is 36.3 Å². The molecular formula is C27H41F2O4P. The normalized spacial score (nSPS) is 27.9. The van der Waals surface area contributed by atoms with Crippen LogP contribution in [0.3, 0.4) is 0 Å². The van der Waals surface area contributed by atoms with Gasteiger partial charge in [-0.2, -0.15) is 4.39 Å². The summed E-state index contributed by atoms with van der Waals surface area (Å²) in [6.07, 6.45) is 15.5. The van der Waals surface area contributed by atoms with Gasteiger partial charge in [0.05, 0.1) is 6.61 Å². The zero-order valence-corrected chi connectivity index (χ0v) is 21.2. The average Bonchev–Trinajstić information content (AvgIpc) is 2.75. The third-order valence-corrected chi connectivity index (χ3v) is 9.41. The Bertz CT molecular complexity index is 833. The fraction of sp³-hybridized carbons (Fsp3) is 0.778. The van der Waals surface area contributed by atoms with Crippen LogP contribution < -0.4 is 4.74 Å². The highest BCUT2D eigenvalue weighted by Crippen LogP contribution is 2.61. The molecule has 0 atom stereocenters. The maximum atomic E-state index is 15.2. The number of hydrogen-bond donors (Lipinski definition) is 2. The van der Waals surface area contributed by atoms with Crippen molar-refractivity contribution < 1.29 is 27.9 Å². The third-order valence-electron chi connectivity index (χ3n) is 8.51. The molecule has 5 rings (SSSR count). The van der Waals surface area contributed by atoms with Gasteiger partial charge in [-0.15, -0.1) is 0 Å². The molecule has 4 saturated carbocycles. The van der Waals surface area contributed by atoms with Crippen LogP contribution in [0.1, 0.15) is 102 Å². The first kappa shape index (κ1) is 26.1. The molecule has 34 heavy (non-hydrogen) atoms. The zero-order valence-electron chi connectivity index (χ0n) is 20.3. The van der Waals surface area contributed by atoms with Gasteiger partial charge in [-0.3, -0.25) is 4.57 Å². The van der Waals surface area contributed by atoms with E-state index in [9.17, 15) is 8.96 Å². The molecular weight excluding hydrogens is 457 g/mol. The SMILES string of the molecule is O=P(O)(O)CCCCCCCCCCCOc1ccc([C@]23CC4CC(C[C@H](C4)C2)C3)c(F)c1F. The quantitative estimate of drug-likeness (QED) is 0.206. The molecule has 1 aromatic carbocycles. The first-order chi connectivity index (χ1) is 16.3. The van der Waals surface area contributed by atoms with Gasteiger partial charge < -0.3 is 14.5 Å². The van der Waals surface area contributed by atoms with Gasteiger partial charge in [0.25, 0.3) is 0 Å². The summed E-state index contributed by atoms with van der Waals surface area (Å²) in [6.45, 7) is 0.398. The largest absolute Gasteiger partial charge is 0.490 e. The molecule has 0 amide bonds. The van der Waals surface area contributed by atoms with Crippen LogP contribution in [-0.4, -0.2) is 22.6 Å². The van der Waals surface area contributed by atoms with Crippen LogP contribution >= 0.6 is 7.60 Å². The Hall–Kier alpha value is -0.970. The average molecular weight is 499 g/mol. The van der Waals surface area contributed by atoms with Crippen LogP contribution in [0.5, 0.6) is 5.75 Å². The van der Waals surface area contributed by atoms with Gasteiger partial charge in [-0.05, 0) is 86.2 Å². The maximum absolute atomic E-state index is 15.2. The molecule has 4 aliphatic carbocycles. The summed E-state index contributed by atoms with van der Waals surface area (Å²) in [7, 11) is -3.84. The highest BCUT2D eigenvalue weighted by atomic mass is 31.2. The van der Waals surface area contributed by atoms with Gasteiger partial charge in [-0.1, -0.05) is 51.0 Å². The summed E-state index contributed by atoms with van der Waals surface area (Å²) in [4.78, 5) is 17.7. The summed E-state index contributed by atoms with van der Waals surface area (Å²) >= 11 is 0. The van der Waals surface area contributed by atoms with Gasteiger partial charge in [0.15, 0.2) is 11.6 Å². The van der Waals surface area contributed by atoms with E-state index >= 15 is 4.39 Å². The van der Waals surface area contributed by atoms with Crippen molar-refractivity contribution in [1.29, 1.82) is 0 Å². The number of ether oxygens (including phenoxy) is 1. The fourth-order valence-electron chi connectivity index (χ4n) is 7.33. The molecule has 4 aliphatic rings. The van der Waals surface area contributed by atoms with Crippen molar-refractivity contribution in [2.75, 3.05) is 12.8 Å². The Kier molecular flexibility index (Phi) is 8.75. The minimum atomic E-state index is -3.84. The lowest BCUT2D eigenvalue weighted by Gasteiger charge is -2.57. The Balaban J connectivity index is 1.13. The van der Waals surface area contributed by atoms with Crippen LogP contribution in [0.2, 0.25) is 0 Å². The molecule has 4 bridgehead atoms. The molecule has 0 unspecified atom stereocenters. The van der Waals surface area contributed by atoms with Gasteiger partial charge in [0.2, 0.25) is 5.82 Å². The van der Waals surface area contributed by atoms with Gasteiger partial charge >= 0.3 is 7.60 Å². The molecule has 192 valence electrons. The zero-order chi connectivity index (χ0) is 24.2. The maximum Gasteiger partial charge on any atom is 0.325 e.